The number of hydrogen-bond acceptors (Lipinski definition) is 6. The number of aromatic nitrogens is 4. The van der Waals surface area contributed by atoms with Crippen LogP contribution in [0.5, 0.6) is 0 Å². The number of nitrogens with zero attached hydrogens (tertiary/aromatic N) is 4. The number of aryl methyl sites for hydroxylation is 1. The van der Waals surface area contributed by atoms with Crippen molar-refractivity contribution in [2.24, 2.45) is 0 Å². The molecule has 1 amide bonds. The normalized spacial score (nSPS) is 14.6. The minimum atomic E-state index is -0.286. The summed E-state index contributed by atoms with van der Waals surface area (Å²) in [4.78, 5) is 16.8. The fourth-order valence-corrected chi connectivity index (χ4v) is 3.04. The van der Waals surface area contributed by atoms with Crippen LogP contribution in [0.1, 0.15) is 35.1 Å². The van der Waals surface area contributed by atoms with Crippen LogP contribution in [-0.2, 0) is 0 Å². The van der Waals surface area contributed by atoms with Gasteiger partial charge in [0.1, 0.15) is 6.26 Å². The van der Waals surface area contributed by atoms with Gasteiger partial charge in [-0.1, -0.05) is 11.3 Å². The Morgan fingerprint density at radius 2 is 2.15 bits per heavy atom. The van der Waals surface area contributed by atoms with E-state index in [1.165, 1.54) is 0 Å². The molecule has 2 aromatic heterocycles. The van der Waals surface area contributed by atoms with Crippen molar-refractivity contribution in [2.75, 3.05) is 18.4 Å². The second-order valence-electron chi connectivity index (χ2n) is 6.39. The molecule has 1 aliphatic heterocycles. The molecule has 0 saturated carbocycles. The van der Waals surface area contributed by atoms with Crippen molar-refractivity contribution < 1.29 is 9.21 Å². The maximum absolute atomic E-state index is 12.5. The Hall–Kier alpha value is -2.71. The average Bonchev–Trinajstić information content (AvgIpc) is 3.32. The molecule has 4 rings (SSSR count). The van der Waals surface area contributed by atoms with Crippen LogP contribution >= 0.6 is 12.4 Å². The van der Waals surface area contributed by atoms with Gasteiger partial charge >= 0.3 is 0 Å². The van der Waals surface area contributed by atoms with Crippen LogP contribution in [0, 0.1) is 6.92 Å². The summed E-state index contributed by atoms with van der Waals surface area (Å²) in [6.07, 6.45) is 5.29. The Balaban J connectivity index is 0.00000210. The summed E-state index contributed by atoms with van der Waals surface area (Å²) >= 11 is 0. The highest BCUT2D eigenvalue weighted by Crippen LogP contribution is 2.22. The first-order valence-corrected chi connectivity index (χ1v) is 8.65. The van der Waals surface area contributed by atoms with Crippen LogP contribution in [0.3, 0.4) is 0 Å². The van der Waals surface area contributed by atoms with E-state index in [2.05, 4.69) is 25.9 Å². The molecule has 0 radical (unpaired) electrons. The number of carbonyl (C=O) groups is 1. The highest BCUT2D eigenvalue weighted by Gasteiger charge is 2.19. The van der Waals surface area contributed by atoms with Crippen LogP contribution in [0.25, 0.3) is 11.5 Å². The molecule has 1 saturated heterocycles. The van der Waals surface area contributed by atoms with E-state index in [-0.39, 0.29) is 18.3 Å². The Bertz CT molecular complexity index is 916. The summed E-state index contributed by atoms with van der Waals surface area (Å²) in [6, 6.07) is 7.65. The number of amides is 1. The van der Waals surface area contributed by atoms with Crippen LogP contribution in [0.2, 0.25) is 0 Å². The van der Waals surface area contributed by atoms with Crippen molar-refractivity contribution in [3.8, 4) is 11.5 Å². The van der Waals surface area contributed by atoms with Gasteiger partial charge in [0.05, 0.1) is 17.9 Å². The molecule has 1 aliphatic rings. The number of hydrogen-bond donors (Lipinski definition) is 2. The molecule has 9 heteroatoms. The molecule has 0 unspecified atom stereocenters. The van der Waals surface area contributed by atoms with Gasteiger partial charge in [-0.15, -0.1) is 17.5 Å². The Morgan fingerprint density at radius 3 is 2.89 bits per heavy atom. The van der Waals surface area contributed by atoms with E-state index >= 15 is 0 Å². The van der Waals surface area contributed by atoms with Crippen LogP contribution in [0.15, 0.2) is 41.1 Å². The maximum Gasteiger partial charge on any atom is 0.277 e. The summed E-state index contributed by atoms with van der Waals surface area (Å²) in [6.45, 7) is 3.78. The fourth-order valence-electron chi connectivity index (χ4n) is 3.04. The van der Waals surface area contributed by atoms with Gasteiger partial charge in [0.25, 0.3) is 5.91 Å². The third kappa shape index (κ3) is 4.35. The van der Waals surface area contributed by atoms with Crippen LogP contribution in [0.4, 0.5) is 5.69 Å². The zero-order valence-electron chi connectivity index (χ0n) is 14.9. The minimum Gasteiger partial charge on any atom is -0.444 e. The van der Waals surface area contributed by atoms with Gasteiger partial charge in [-0.3, -0.25) is 4.79 Å². The number of nitrogens with one attached hydrogen (secondary N) is 2. The van der Waals surface area contributed by atoms with Crippen molar-refractivity contribution in [3.63, 3.8) is 0 Å². The summed E-state index contributed by atoms with van der Waals surface area (Å²) in [7, 11) is 0. The second kappa shape index (κ2) is 8.32. The van der Waals surface area contributed by atoms with E-state index in [1.807, 2.05) is 31.2 Å². The van der Waals surface area contributed by atoms with Gasteiger partial charge in [0.2, 0.25) is 5.89 Å². The van der Waals surface area contributed by atoms with Gasteiger partial charge in [-0.2, -0.15) is 0 Å². The van der Waals surface area contributed by atoms with Crippen LogP contribution in [-0.4, -0.2) is 39.0 Å². The minimum absolute atomic E-state index is 0. The SMILES string of the molecule is Cc1coc(-c2cccc(NC(=O)c3cn(C4CCNCC4)nn3)c2)n1.Cl. The van der Waals surface area contributed by atoms with Gasteiger partial charge in [-0.25, -0.2) is 9.67 Å². The molecule has 0 spiro atoms. The molecule has 142 valence electrons. The first-order valence-electron chi connectivity index (χ1n) is 8.65. The lowest BCUT2D eigenvalue weighted by Gasteiger charge is -2.22. The lowest BCUT2D eigenvalue weighted by molar-refractivity contribution is 0.102. The van der Waals surface area contributed by atoms with Crippen molar-refractivity contribution in [2.45, 2.75) is 25.8 Å². The predicted molar refractivity (Wildman–Crippen MR) is 103 cm³/mol. The maximum atomic E-state index is 12.5. The van der Waals surface area contributed by atoms with Gasteiger partial charge in [0, 0.05) is 11.3 Å². The lowest BCUT2D eigenvalue weighted by Crippen LogP contribution is -2.29. The van der Waals surface area contributed by atoms with E-state index in [0.717, 1.165) is 37.2 Å². The van der Waals surface area contributed by atoms with Gasteiger partial charge in [0.15, 0.2) is 5.69 Å². The number of rotatable bonds is 4. The Morgan fingerprint density at radius 1 is 1.33 bits per heavy atom. The first kappa shape index (κ1) is 19.1. The molecule has 3 aromatic rings. The van der Waals surface area contributed by atoms with Gasteiger partial charge < -0.3 is 15.1 Å². The molecule has 3 heterocycles. The van der Waals surface area contributed by atoms with E-state index in [1.54, 1.807) is 17.1 Å². The Kier molecular flexibility index (Phi) is 5.88. The van der Waals surface area contributed by atoms with E-state index < -0.39 is 0 Å². The van der Waals surface area contributed by atoms with Crippen molar-refractivity contribution in [1.82, 2.24) is 25.3 Å². The first-order chi connectivity index (χ1) is 12.7. The molecule has 0 bridgehead atoms. The van der Waals surface area contributed by atoms with Crippen molar-refractivity contribution in [1.29, 1.82) is 0 Å². The number of halogens is 1. The van der Waals surface area contributed by atoms with E-state index in [0.29, 0.717) is 23.3 Å². The number of benzene rings is 1. The Labute approximate surface area is 162 Å². The number of anilines is 1. The zero-order chi connectivity index (χ0) is 17.9. The summed E-state index contributed by atoms with van der Waals surface area (Å²) < 4.78 is 7.20. The average molecular weight is 389 g/mol. The summed E-state index contributed by atoms with van der Waals surface area (Å²) in [5.41, 5.74) is 2.57. The fraction of sp³-hybridized carbons (Fsp3) is 0.333. The predicted octanol–water partition coefficient (Wildman–Crippen LogP) is 2.84. The monoisotopic (exact) mass is 388 g/mol. The number of carbonyl (C=O) groups excluding carboxylic acids is 1. The molecule has 0 atom stereocenters. The third-order valence-corrected chi connectivity index (χ3v) is 4.41. The molecule has 1 aromatic carbocycles. The topological polar surface area (TPSA) is 97.9 Å². The highest BCUT2D eigenvalue weighted by atomic mass is 35.5. The largest absolute Gasteiger partial charge is 0.444 e. The molecule has 0 aliphatic carbocycles. The molecule has 2 N–H and O–H groups in total. The van der Waals surface area contributed by atoms with Crippen molar-refractivity contribution >= 4 is 24.0 Å². The summed E-state index contributed by atoms with van der Waals surface area (Å²) in [5.74, 6) is 0.237. The molecular formula is C18H21ClN6O2. The second-order valence-corrected chi connectivity index (χ2v) is 6.39. The van der Waals surface area contributed by atoms with E-state index in [4.69, 9.17) is 4.42 Å². The molecule has 8 nitrogen and oxygen atoms in total. The standard InChI is InChI=1S/C18H20N6O2.ClH/c1-12-11-26-18(20-12)13-3-2-4-14(9-13)21-17(25)16-10-24(23-22-16)15-5-7-19-8-6-15;/h2-4,9-11,15,19H,5-8H2,1H3,(H,21,25);1H. The summed E-state index contributed by atoms with van der Waals surface area (Å²) in [5, 5.41) is 14.3. The molecule has 27 heavy (non-hydrogen) atoms. The third-order valence-electron chi connectivity index (χ3n) is 4.41. The number of oxazole rings is 1. The quantitative estimate of drug-likeness (QED) is 0.713. The zero-order valence-corrected chi connectivity index (χ0v) is 15.7. The molecular weight excluding hydrogens is 368 g/mol. The molecule has 1 fully saturated rings. The highest BCUT2D eigenvalue weighted by molar-refractivity contribution is 6.02. The van der Waals surface area contributed by atoms with E-state index in [9.17, 15) is 4.79 Å². The lowest BCUT2D eigenvalue weighted by atomic mass is 10.1. The van der Waals surface area contributed by atoms with Crippen molar-refractivity contribution in [3.05, 3.63) is 48.1 Å². The van der Waals surface area contributed by atoms with Gasteiger partial charge in [-0.05, 0) is 51.1 Å². The van der Waals surface area contributed by atoms with Crippen LogP contribution < -0.4 is 10.6 Å². The smallest absolute Gasteiger partial charge is 0.277 e. The number of piperidine rings is 1.